The zero-order valence-electron chi connectivity index (χ0n) is 19.8. The summed E-state index contributed by atoms with van der Waals surface area (Å²) in [5.74, 6) is -0.886. The second-order valence-corrected chi connectivity index (χ2v) is 8.84. The molecule has 0 radical (unpaired) electrons. The quantitative estimate of drug-likeness (QED) is 0.233. The maximum absolute atomic E-state index is 13.7. The van der Waals surface area contributed by atoms with E-state index < -0.39 is 10.8 Å². The molecule has 0 bridgehead atoms. The number of benzene rings is 3. The smallest absolute Gasteiger partial charge is 0.270 e. The van der Waals surface area contributed by atoms with E-state index >= 15 is 0 Å². The second-order valence-electron chi connectivity index (χ2n) is 8.84. The first-order valence-electron chi connectivity index (χ1n) is 11.7. The molecule has 35 heavy (non-hydrogen) atoms. The number of nitro benzene ring substituents is 1. The van der Waals surface area contributed by atoms with Crippen LogP contribution in [0, 0.1) is 15.9 Å². The van der Waals surface area contributed by atoms with E-state index in [1.54, 1.807) is 24.3 Å². The van der Waals surface area contributed by atoms with Gasteiger partial charge in [0, 0.05) is 54.2 Å². The Hall–Kier alpha value is -4.00. The van der Waals surface area contributed by atoms with Gasteiger partial charge < -0.3 is 9.88 Å². The molecule has 0 aliphatic carbocycles. The average molecular weight is 474 g/mol. The largest absolute Gasteiger partial charge is 0.354 e. The van der Waals surface area contributed by atoms with Crippen molar-refractivity contribution in [1.82, 2.24) is 9.88 Å². The van der Waals surface area contributed by atoms with E-state index in [0.717, 1.165) is 28.6 Å². The lowest BCUT2D eigenvalue weighted by molar-refractivity contribution is -0.384. The molecule has 2 atom stereocenters. The van der Waals surface area contributed by atoms with Crippen molar-refractivity contribution < 1.29 is 14.1 Å². The molecule has 6 nitrogen and oxygen atoms in total. The predicted molar refractivity (Wildman–Crippen MR) is 135 cm³/mol. The third kappa shape index (κ3) is 5.57. The lowest BCUT2D eigenvalue weighted by Gasteiger charge is -2.19. The maximum atomic E-state index is 13.7. The fourth-order valence-corrected chi connectivity index (χ4v) is 4.34. The van der Waals surface area contributed by atoms with Crippen LogP contribution in [-0.4, -0.2) is 21.4 Å². The van der Waals surface area contributed by atoms with Gasteiger partial charge in [-0.15, -0.1) is 0 Å². The van der Waals surface area contributed by atoms with E-state index in [1.165, 1.54) is 18.2 Å². The zero-order valence-corrected chi connectivity index (χ0v) is 19.8. The Bertz CT molecular complexity index is 1330. The minimum absolute atomic E-state index is 0.0156. The van der Waals surface area contributed by atoms with E-state index in [9.17, 15) is 19.3 Å². The number of hydrogen-bond acceptors (Lipinski definition) is 3. The van der Waals surface area contributed by atoms with Gasteiger partial charge in [0.2, 0.25) is 5.91 Å². The molecule has 1 aromatic heterocycles. The van der Waals surface area contributed by atoms with Crippen LogP contribution in [0.1, 0.15) is 49.3 Å². The first-order valence-corrected chi connectivity index (χ1v) is 11.7. The van der Waals surface area contributed by atoms with Crippen LogP contribution < -0.4 is 5.32 Å². The molecule has 0 spiro atoms. The summed E-state index contributed by atoms with van der Waals surface area (Å²) in [6, 6.07) is 20.9. The van der Waals surface area contributed by atoms with Crippen molar-refractivity contribution in [2.45, 2.75) is 45.2 Å². The van der Waals surface area contributed by atoms with E-state index in [0.29, 0.717) is 11.9 Å². The summed E-state index contributed by atoms with van der Waals surface area (Å²) < 4.78 is 15.8. The number of halogens is 1. The highest BCUT2D eigenvalue weighted by Gasteiger charge is 2.25. The molecule has 0 saturated heterocycles. The van der Waals surface area contributed by atoms with Crippen LogP contribution in [0.15, 0.2) is 79.0 Å². The van der Waals surface area contributed by atoms with E-state index in [2.05, 4.69) is 5.32 Å². The summed E-state index contributed by atoms with van der Waals surface area (Å²) in [6.45, 7) is 4.52. The summed E-state index contributed by atoms with van der Waals surface area (Å²) in [7, 11) is 0. The first kappa shape index (κ1) is 24.1. The number of carbonyl (C=O) groups is 1. The van der Waals surface area contributed by atoms with Gasteiger partial charge in [-0.3, -0.25) is 14.9 Å². The molecule has 1 amide bonds. The molecule has 7 heteroatoms. The Balaban J connectivity index is 1.85. The lowest BCUT2D eigenvalue weighted by atomic mass is 9.87. The van der Waals surface area contributed by atoms with Gasteiger partial charge in [0.1, 0.15) is 5.82 Å². The van der Waals surface area contributed by atoms with Gasteiger partial charge in [0.15, 0.2) is 0 Å². The first-order chi connectivity index (χ1) is 16.9. The van der Waals surface area contributed by atoms with Gasteiger partial charge in [0.05, 0.1) is 4.92 Å². The molecule has 4 aromatic rings. The molecule has 3 aromatic carbocycles. The van der Waals surface area contributed by atoms with Crippen molar-refractivity contribution in [1.29, 1.82) is 0 Å². The van der Waals surface area contributed by atoms with E-state index in [4.69, 9.17) is 0 Å². The summed E-state index contributed by atoms with van der Waals surface area (Å²) in [6.07, 6.45) is 2.91. The molecule has 180 valence electrons. The molecule has 4 rings (SSSR count). The molecule has 0 saturated carbocycles. The summed E-state index contributed by atoms with van der Waals surface area (Å²) in [5.41, 5.74) is 3.48. The minimum atomic E-state index is -0.416. The third-order valence-electron chi connectivity index (χ3n) is 6.36. The summed E-state index contributed by atoms with van der Waals surface area (Å²) >= 11 is 0. The molecule has 0 aliphatic heterocycles. The predicted octanol–water partition coefficient (Wildman–Crippen LogP) is 6.17. The second kappa shape index (κ2) is 10.5. The number of carbonyl (C=O) groups excluding carboxylic acids is 1. The lowest BCUT2D eigenvalue weighted by Crippen LogP contribution is -2.33. The van der Waals surface area contributed by atoms with Crippen LogP contribution in [0.5, 0.6) is 0 Å². The van der Waals surface area contributed by atoms with E-state index in [-0.39, 0.29) is 29.9 Å². The number of nitrogens with zero attached hydrogens (tertiary/aromatic N) is 2. The fraction of sp³-hybridized carbons (Fsp3) is 0.250. The van der Waals surface area contributed by atoms with Gasteiger partial charge in [-0.1, -0.05) is 49.4 Å². The molecular formula is C28H28FN3O3. The maximum Gasteiger partial charge on any atom is 0.270 e. The Morgan fingerprint density at radius 2 is 1.80 bits per heavy atom. The van der Waals surface area contributed by atoms with Crippen molar-refractivity contribution >= 4 is 22.5 Å². The number of nitro groups is 1. The standard InChI is InChI=1S/C28H28FN3O3/c1-3-19(2)30-28(33)16-24(21-9-11-22(29)12-10-21)26-18-31(17-20-7-5-4-6-8-20)27-14-13-23(32(34)35)15-25(26)27/h4-15,18-19,24H,3,16-17H2,1-2H3,(H,30,33)/t19-,24+/m1/s1. The number of aromatic nitrogens is 1. The van der Waals surface area contributed by atoms with E-state index in [1.807, 2.05) is 54.9 Å². The highest BCUT2D eigenvalue weighted by atomic mass is 19.1. The Kier molecular flexibility index (Phi) is 7.25. The number of nitrogens with one attached hydrogen (secondary N) is 1. The van der Waals surface area contributed by atoms with Crippen molar-refractivity contribution in [3.63, 3.8) is 0 Å². The van der Waals surface area contributed by atoms with Gasteiger partial charge in [-0.05, 0) is 48.2 Å². The highest BCUT2D eigenvalue weighted by molar-refractivity contribution is 5.88. The number of amides is 1. The Morgan fingerprint density at radius 1 is 1.09 bits per heavy atom. The third-order valence-corrected chi connectivity index (χ3v) is 6.36. The van der Waals surface area contributed by atoms with Crippen LogP contribution in [0.2, 0.25) is 0 Å². The molecule has 0 aliphatic rings. The topological polar surface area (TPSA) is 77.2 Å². The van der Waals surface area contributed by atoms with Gasteiger partial charge >= 0.3 is 0 Å². The Morgan fingerprint density at radius 3 is 2.46 bits per heavy atom. The van der Waals surface area contributed by atoms with Crippen molar-refractivity contribution in [2.75, 3.05) is 0 Å². The number of hydrogen-bond donors (Lipinski definition) is 1. The fourth-order valence-electron chi connectivity index (χ4n) is 4.34. The van der Waals surface area contributed by atoms with Crippen LogP contribution in [0.4, 0.5) is 10.1 Å². The Labute approximate surface area is 203 Å². The number of non-ortho nitro benzene ring substituents is 1. The monoisotopic (exact) mass is 473 g/mol. The van der Waals surface area contributed by atoms with Crippen molar-refractivity contribution in [2.24, 2.45) is 0 Å². The van der Waals surface area contributed by atoms with Gasteiger partial charge in [-0.25, -0.2) is 4.39 Å². The van der Waals surface area contributed by atoms with Crippen LogP contribution in [0.3, 0.4) is 0 Å². The molecule has 1 heterocycles. The molecule has 0 unspecified atom stereocenters. The molecule has 0 fully saturated rings. The average Bonchev–Trinajstić information content (AvgIpc) is 3.21. The summed E-state index contributed by atoms with van der Waals surface area (Å²) in [4.78, 5) is 24.1. The highest BCUT2D eigenvalue weighted by Crippen LogP contribution is 2.37. The van der Waals surface area contributed by atoms with Crippen molar-refractivity contribution in [3.05, 3.63) is 112 Å². The normalized spacial score (nSPS) is 12.9. The minimum Gasteiger partial charge on any atom is -0.354 e. The van der Waals surface area contributed by atoms with Gasteiger partial charge in [-0.2, -0.15) is 0 Å². The summed E-state index contributed by atoms with van der Waals surface area (Å²) in [5, 5.41) is 15.3. The number of fused-ring (bicyclic) bond motifs is 1. The zero-order chi connectivity index (χ0) is 24.9. The van der Waals surface area contributed by atoms with Crippen LogP contribution in [-0.2, 0) is 11.3 Å². The molecule has 1 N–H and O–H groups in total. The SMILES string of the molecule is CC[C@@H](C)NC(=O)C[C@@H](c1ccc(F)cc1)c1cn(Cc2ccccc2)c2ccc([N+](=O)[O-])cc12. The van der Waals surface area contributed by atoms with Crippen LogP contribution >= 0.6 is 0 Å². The van der Waals surface area contributed by atoms with Gasteiger partial charge in [0.25, 0.3) is 5.69 Å². The van der Waals surface area contributed by atoms with Crippen LogP contribution in [0.25, 0.3) is 10.9 Å². The number of rotatable bonds is 9. The molecular weight excluding hydrogens is 445 g/mol. The van der Waals surface area contributed by atoms with Crippen molar-refractivity contribution in [3.8, 4) is 0 Å².